The first-order valence-electron chi connectivity index (χ1n) is 5.09. The van der Waals surface area contributed by atoms with Crippen molar-refractivity contribution in [3.8, 4) is 0 Å². The number of sulfonamides is 1. The van der Waals surface area contributed by atoms with Gasteiger partial charge in [0.2, 0.25) is 0 Å². The lowest BCUT2D eigenvalue weighted by molar-refractivity contribution is 0.451. The predicted octanol–water partition coefficient (Wildman–Crippen LogP) is -0.318. The number of nitrogens with two attached hydrogens (primary N) is 1. The number of nitrogens with zero attached hydrogens (tertiary/aromatic N) is 2. The van der Waals surface area contributed by atoms with Gasteiger partial charge >= 0.3 is 0 Å². The largest absolute Gasteiger partial charge is 0.329 e. The molecule has 1 heterocycles. The molecule has 1 aromatic rings. The van der Waals surface area contributed by atoms with E-state index in [1.807, 2.05) is 13.8 Å². The quantitative estimate of drug-likeness (QED) is 0.745. The Labute approximate surface area is 95.9 Å². The zero-order chi connectivity index (χ0) is 12.3. The molecule has 0 aliphatic heterocycles. The Balaban J connectivity index is 2.92. The predicted molar refractivity (Wildman–Crippen MR) is 61.2 cm³/mol. The summed E-state index contributed by atoms with van der Waals surface area (Å²) in [6.07, 6.45) is 1.45. The molecule has 0 aromatic carbocycles. The molecule has 0 aliphatic carbocycles. The smallest absolute Gasteiger partial charge is 0.258 e. The van der Waals surface area contributed by atoms with E-state index in [0.29, 0.717) is 0 Å². The standard InChI is InChI=1S/C9H18N4O2S/c1-7(2)8(6-10)12-16(14,15)9-4-5-11-13(9)3/h4-5,7-8,12H,6,10H2,1-3H3. The number of hydrogen-bond acceptors (Lipinski definition) is 4. The molecule has 0 radical (unpaired) electrons. The summed E-state index contributed by atoms with van der Waals surface area (Å²) in [6, 6.07) is 1.19. The van der Waals surface area contributed by atoms with Crippen LogP contribution in [-0.4, -0.2) is 30.8 Å². The number of hydrogen-bond donors (Lipinski definition) is 2. The van der Waals surface area contributed by atoms with Gasteiger partial charge in [-0.2, -0.15) is 5.10 Å². The highest BCUT2D eigenvalue weighted by Gasteiger charge is 2.23. The topological polar surface area (TPSA) is 90.0 Å². The highest BCUT2D eigenvalue weighted by Crippen LogP contribution is 2.09. The number of aryl methyl sites for hydroxylation is 1. The van der Waals surface area contributed by atoms with Crippen LogP contribution >= 0.6 is 0 Å². The van der Waals surface area contributed by atoms with Crippen LogP contribution in [0.4, 0.5) is 0 Å². The normalized spacial score (nSPS) is 14.3. The van der Waals surface area contributed by atoms with Crippen molar-refractivity contribution in [2.45, 2.75) is 24.9 Å². The van der Waals surface area contributed by atoms with Crippen LogP contribution < -0.4 is 10.5 Å². The first kappa shape index (κ1) is 13.1. The van der Waals surface area contributed by atoms with E-state index in [1.54, 1.807) is 7.05 Å². The molecule has 1 rings (SSSR count). The van der Waals surface area contributed by atoms with Crippen molar-refractivity contribution in [1.29, 1.82) is 0 Å². The minimum atomic E-state index is -3.53. The highest BCUT2D eigenvalue weighted by molar-refractivity contribution is 7.89. The molecule has 6 nitrogen and oxygen atoms in total. The Kier molecular flexibility index (Phi) is 4.06. The van der Waals surface area contributed by atoms with Crippen molar-refractivity contribution in [3.63, 3.8) is 0 Å². The monoisotopic (exact) mass is 246 g/mol. The van der Waals surface area contributed by atoms with Crippen molar-refractivity contribution in [2.24, 2.45) is 18.7 Å². The van der Waals surface area contributed by atoms with Crippen LogP contribution in [-0.2, 0) is 17.1 Å². The molecular formula is C9H18N4O2S. The minimum absolute atomic E-state index is 0.145. The lowest BCUT2D eigenvalue weighted by Gasteiger charge is -2.20. The number of aromatic nitrogens is 2. The van der Waals surface area contributed by atoms with Gasteiger partial charge in [-0.15, -0.1) is 0 Å². The van der Waals surface area contributed by atoms with E-state index in [1.165, 1.54) is 16.9 Å². The van der Waals surface area contributed by atoms with E-state index >= 15 is 0 Å². The van der Waals surface area contributed by atoms with Gasteiger partial charge in [-0.25, -0.2) is 13.1 Å². The maximum atomic E-state index is 12.0. The number of nitrogens with one attached hydrogen (secondary N) is 1. The van der Waals surface area contributed by atoms with E-state index in [9.17, 15) is 8.42 Å². The van der Waals surface area contributed by atoms with E-state index in [-0.39, 0.29) is 23.5 Å². The van der Waals surface area contributed by atoms with Crippen molar-refractivity contribution in [2.75, 3.05) is 6.54 Å². The van der Waals surface area contributed by atoms with Gasteiger partial charge in [-0.05, 0) is 12.0 Å². The van der Waals surface area contributed by atoms with Gasteiger partial charge in [0.25, 0.3) is 10.0 Å². The number of rotatable bonds is 5. The maximum Gasteiger partial charge on any atom is 0.258 e. The summed E-state index contributed by atoms with van der Waals surface area (Å²) in [5, 5.41) is 3.97. The molecule has 16 heavy (non-hydrogen) atoms. The van der Waals surface area contributed by atoms with Gasteiger partial charge in [0.1, 0.15) is 0 Å². The average Bonchev–Trinajstić information content (AvgIpc) is 2.61. The van der Waals surface area contributed by atoms with Crippen molar-refractivity contribution in [3.05, 3.63) is 12.3 Å². The van der Waals surface area contributed by atoms with Crippen molar-refractivity contribution < 1.29 is 8.42 Å². The van der Waals surface area contributed by atoms with Gasteiger partial charge in [0.05, 0.1) is 6.20 Å². The fraction of sp³-hybridized carbons (Fsp3) is 0.667. The van der Waals surface area contributed by atoms with E-state index in [0.717, 1.165) is 0 Å². The van der Waals surface area contributed by atoms with Gasteiger partial charge in [-0.3, -0.25) is 4.68 Å². The third-order valence-electron chi connectivity index (χ3n) is 2.42. The molecule has 1 unspecified atom stereocenters. The van der Waals surface area contributed by atoms with Crippen LogP contribution in [0.1, 0.15) is 13.8 Å². The lowest BCUT2D eigenvalue weighted by Crippen LogP contribution is -2.44. The molecule has 7 heteroatoms. The molecule has 1 atom stereocenters. The van der Waals surface area contributed by atoms with E-state index in [4.69, 9.17) is 5.73 Å². The second-order valence-electron chi connectivity index (χ2n) is 4.00. The van der Waals surface area contributed by atoms with Gasteiger partial charge < -0.3 is 5.73 Å². The van der Waals surface area contributed by atoms with E-state index < -0.39 is 10.0 Å². The molecule has 92 valence electrons. The van der Waals surface area contributed by atoms with Crippen LogP contribution in [0, 0.1) is 5.92 Å². The maximum absolute atomic E-state index is 12.0. The zero-order valence-electron chi connectivity index (χ0n) is 9.71. The molecule has 3 N–H and O–H groups in total. The molecule has 0 saturated heterocycles. The molecule has 0 fully saturated rings. The SMILES string of the molecule is CC(C)C(CN)NS(=O)(=O)c1ccnn1C. The first-order chi connectivity index (χ1) is 7.38. The van der Waals surface area contributed by atoms with Crippen molar-refractivity contribution in [1.82, 2.24) is 14.5 Å². The summed E-state index contributed by atoms with van der Waals surface area (Å²) in [4.78, 5) is 0. The Morgan fingerprint density at radius 2 is 2.19 bits per heavy atom. The summed E-state index contributed by atoms with van der Waals surface area (Å²) in [6.45, 7) is 4.11. The molecule has 0 amide bonds. The fourth-order valence-corrected chi connectivity index (χ4v) is 2.86. The van der Waals surface area contributed by atoms with Gasteiger partial charge in [0.15, 0.2) is 5.03 Å². The third-order valence-corrected chi connectivity index (χ3v) is 3.98. The zero-order valence-corrected chi connectivity index (χ0v) is 10.5. The first-order valence-corrected chi connectivity index (χ1v) is 6.57. The van der Waals surface area contributed by atoms with Crippen LogP contribution in [0.25, 0.3) is 0 Å². The summed E-state index contributed by atoms with van der Waals surface area (Å²) < 4.78 is 27.8. The van der Waals surface area contributed by atoms with Crippen LogP contribution in [0.3, 0.4) is 0 Å². The second kappa shape index (κ2) is 4.94. The Bertz CT molecular complexity index is 438. The minimum Gasteiger partial charge on any atom is -0.329 e. The Morgan fingerprint density at radius 1 is 1.56 bits per heavy atom. The molecule has 0 aliphatic rings. The molecular weight excluding hydrogens is 228 g/mol. The van der Waals surface area contributed by atoms with E-state index in [2.05, 4.69) is 9.82 Å². The lowest BCUT2D eigenvalue weighted by atomic mass is 10.1. The molecule has 0 bridgehead atoms. The summed E-state index contributed by atoms with van der Waals surface area (Å²) in [5.74, 6) is 0.146. The van der Waals surface area contributed by atoms with Crippen LogP contribution in [0.5, 0.6) is 0 Å². The molecule has 0 saturated carbocycles. The van der Waals surface area contributed by atoms with Gasteiger partial charge in [0, 0.05) is 19.6 Å². The summed E-state index contributed by atoms with van der Waals surface area (Å²) in [7, 11) is -1.95. The second-order valence-corrected chi connectivity index (χ2v) is 5.66. The third kappa shape index (κ3) is 2.81. The van der Waals surface area contributed by atoms with Crippen LogP contribution in [0.15, 0.2) is 17.3 Å². The Hall–Kier alpha value is -0.920. The molecule has 0 spiro atoms. The fourth-order valence-electron chi connectivity index (χ4n) is 1.34. The summed E-state index contributed by atoms with van der Waals surface area (Å²) >= 11 is 0. The average molecular weight is 246 g/mol. The van der Waals surface area contributed by atoms with Crippen LogP contribution in [0.2, 0.25) is 0 Å². The molecule has 1 aromatic heterocycles. The van der Waals surface area contributed by atoms with Gasteiger partial charge in [-0.1, -0.05) is 13.8 Å². The summed E-state index contributed by atoms with van der Waals surface area (Å²) in [5.41, 5.74) is 5.52. The van der Waals surface area contributed by atoms with Crippen molar-refractivity contribution >= 4 is 10.0 Å². The Morgan fingerprint density at radius 3 is 2.56 bits per heavy atom. The highest BCUT2D eigenvalue weighted by atomic mass is 32.2.